The normalized spacial score (nSPS) is 23.4. The molecule has 1 aliphatic rings. The first-order valence-electron chi connectivity index (χ1n) is 9.56. The Bertz CT molecular complexity index is 645. The van der Waals surface area contributed by atoms with Crippen LogP contribution in [0.4, 0.5) is 4.39 Å². The molecule has 1 heterocycles. The number of aliphatic hydroxyl groups is 1. The Morgan fingerprint density at radius 1 is 1.36 bits per heavy atom. The molecule has 4 atom stereocenters. The van der Waals surface area contributed by atoms with E-state index in [1.807, 2.05) is 18.9 Å². The first kappa shape index (κ1) is 22.3. The van der Waals surface area contributed by atoms with Crippen molar-refractivity contribution in [3.63, 3.8) is 0 Å². The fourth-order valence-corrected chi connectivity index (χ4v) is 3.45. The number of aliphatic hydroxyl groups excluding tert-OH is 1. The first-order valence-corrected chi connectivity index (χ1v) is 9.56. The molecule has 1 saturated heterocycles. The van der Waals surface area contributed by atoms with E-state index in [2.05, 4.69) is 5.32 Å². The van der Waals surface area contributed by atoms with Crippen LogP contribution < -0.4 is 11.1 Å². The molecule has 156 valence electrons. The van der Waals surface area contributed by atoms with Crippen LogP contribution in [-0.4, -0.2) is 66.6 Å². The van der Waals surface area contributed by atoms with E-state index in [0.717, 1.165) is 12.0 Å². The van der Waals surface area contributed by atoms with Gasteiger partial charge in [-0.05, 0) is 44.5 Å². The Hall–Kier alpha value is -2.03. The number of hydrogen-bond acceptors (Lipinski definition) is 5. The van der Waals surface area contributed by atoms with Gasteiger partial charge in [-0.3, -0.25) is 9.59 Å². The number of nitrogens with zero attached hydrogens (tertiary/aromatic N) is 1. The smallest absolute Gasteiger partial charge is 0.248 e. The topological polar surface area (TPSA) is 105 Å². The highest BCUT2D eigenvalue weighted by Gasteiger charge is 2.28. The van der Waals surface area contributed by atoms with Crippen LogP contribution in [0.2, 0.25) is 0 Å². The van der Waals surface area contributed by atoms with Crippen molar-refractivity contribution in [2.24, 2.45) is 5.73 Å². The molecule has 1 aromatic carbocycles. The van der Waals surface area contributed by atoms with E-state index in [1.54, 1.807) is 24.3 Å². The number of ether oxygens (including phenoxy) is 1. The molecule has 1 aromatic rings. The van der Waals surface area contributed by atoms with Gasteiger partial charge in [0.1, 0.15) is 6.67 Å². The zero-order chi connectivity index (χ0) is 20.7. The van der Waals surface area contributed by atoms with Crippen molar-refractivity contribution >= 4 is 11.8 Å². The van der Waals surface area contributed by atoms with E-state index >= 15 is 0 Å². The van der Waals surface area contributed by atoms with Crippen LogP contribution in [-0.2, 0) is 16.0 Å². The van der Waals surface area contributed by atoms with Crippen molar-refractivity contribution in [1.29, 1.82) is 0 Å². The third-order valence-corrected chi connectivity index (χ3v) is 5.05. The fourth-order valence-electron chi connectivity index (χ4n) is 3.45. The fraction of sp³-hybridized carbons (Fsp3) is 0.600. The minimum Gasteiger partial charge on any atom is -0.368 e. The Morgan fingerprint density at radius 2 is 2.04 bits per heavy atom. The molecular weight excluding hydrogens is 365 g/mol. The molecule has 2 amide bonds. The van der Waals surface area contributed by atoms with Gasteiger partial charge in [0.05, 0.1) is 12.1 Å². The van der Waals surface area contributed by atoms with Gasteiger partial charge in [0.25, 0.3) is 0 Å². The lowest BCUT2D eigenvalue weighted by atomic mass is 10.0. The van der Waals surface area contributed by atoms with Crippen molar-refractivity contribution in [2.75, 3.05) is 20.3 Å². The highest BCUT2D eigenvalue weighted by atomic mass is 19.1. The average molecular weight is 395 g/mol. The molecule has 0 aromatic heterocycles. The van der Waals surface area contributed by atoms with Crippen LogP contribution in [0, 0.1) is 0 Å². The lowest BCUT2D eigenvalue weighted by molar-refractivity contribution is -0.173. The second kappa shape index (κ2) is 10.5. The Morgan fingerprint density at radius 3 is 2.61 bits per heavy atom. The summed E-state index contributed by atoms with van der Waals surface area (Å²) in [6, 6.07) is 6.12. The molecule has 1 aliphatic heterocycles. The summed E-state index contributed by atoms with van der Waals surface area (Å²) in [7, 11) is 1.91. The van der Waals surface area contributed by atoms with Crippen LogP contribution in [0.5, 0.6) is 0 Å². The number of nitrogens with two attached hydrogens (primary N) is 1. The number of alkyl halides is 1. The van der Waals surface area contributed by atoms with E-state index in [0.29, 0.717) is 24.9 Å². The highest BCUT2D eigenvalue weighted by Crippen LogP contribution is 2.21. The number of halogens is 1. The molecule has 1 fully saturated rings. The Balaban J connectivity index is 1.79. The number of rotatable bonds is 9. The second-order valence-electron chi connectivity index (χ2n) is 7.44. The summed E-state index contributed by atoms with van der Waals surface area (Å²) in [5.41, 5.74) is 6.41. The number of carbonyl (C=O) groups is 2. The third kappa shape index (κ3) is 6.85. The van der Waals surface area contributed by atoms with Crippen molar-refractivity contribution in [2.45, 2.75) is 57.1 Å². The molecule has 0 aliphatic carbocycles. The maximum atomic E-state index is 13.3. The van der Waals surface area contributed by atoms with Crippen LogP contribution in [0.15, 0.2) is 24.3 Å². The lowest BCUT2D eigenvalue weighted by Crippen LogP contribution is -2.45. The van der Waals surface area contributed by atoms with Gasteiger partial charge in [-0.2, -0.15) is 0 Å². The molecule has 0 bridgehead atoms. The van der Waals surface area contributed by atoms with Crippen molar-refractivity contribution in [3.8, 4) is 0 Å². The van der Waals surface area contributed by atoms with Crippen molar-refractivity contribution in [3.05, 3.63) is 35.4 Å². The molecule has 0 radical (unpaired) electrons. The van der Waals surface area contributed by atoms with Crippen molar-refractivity contribution < 1.29 is 23.8 Å². The standard InChI is InChI=1S/C20H30FN3O4/c1-13-9-17(11-19(26)28-13)24(2)8-7-18(25)23-16(12-21)10-14-3-5-15(6-4-14)20(22)27/h3-6,13,16-17,19,26H,7-12H2,1-2H3,(H2,22,27)(H,23,25). The second-order valence-corrected chi connectivity index (χ2v) is 7.44. The maximum absolute atomic E-state index is 13.3. The van der Waals surface area contributed by atoms with E-state index < -0.39 is 24.9 Å². The van der Waals surface area contributed by atoms with Crippen molar-refractivity contribution in [1.82, 2.24) is 10.2 Å². The summed E-state index contributed by atoms with van der Waals surface area (Å²) < 4.78 is 18.7. The number of amides is 2. The minimum atomic E-state index is -0.776. The van der Waals surface area contributed by atoms with Crippen LogP contribution in [0.3, 0.4) is 0 Å². The van der Waals surface area contributed by atoms with Gasteiger partial charge in [0.2, 0.25) is 11.8 Å². The number of hydrogen-bond donors (Lipinski definition) is 3. The van der Waals surface area contributed by atoms with Crippen LogP contribution in [0.25, 0.3) is 0 Å². The molecule has 4 N–H and O–H groups in total. The summed E-state index contributed by atoms with van der Waals surface area (Å²) in [5, 5.41) is 12.4. The van der Waals surface area contributed by atoms with Gasteiger partial charge in [-0.25, -0.2) is 4.39 Å². The average Bonchev–Trinajstić information content (AvgIpc) is 2.65. The largest absolute Gasteiger partial charge is 0.368 e. The summed E-state index contributed by atoms with van der Waals surface area (Å²) in [6.45, 7) is 1.75. The zero-order valence-corrected chi connectivity index (χ0v) is 16.4. The van der Waals surface area contributed by atoms with Gasteiger partial charge in [-0.15, -0.1) is 0 Å². The molecule has 8 heteroatoms. The number of carbonyl (C=O) groups excluding carboxylic acids is 2. The molecular formula is C20H30FN3O4. The van der Waals surface area contributed by atoms with E-state index in [-0.39, 0.29) is 24.5 Å². The molecule has 0 saturated carbocycles. The number of nitrogens with one attached hydrogen (secondary N) is 1. The third-order valence-electron chi connectivity index (χ3n) is 5.05. The van der Waals surface area contributed by atoms with Gasteiger partial charge in [-0.1, -0.05) is 12.1 Å². The molecule has 7 nitrogen and oxygen atoms in total. The molecule has 28 heavy (non-hydrogen) atoms. The minimum absolute atomic E-state index is 0.0260. The first-order chi connectivity index (χ1) is 13.3. The van der Waals surface area contributed by atoms with E-state index in [4.69, 9.17) is 10.5 Å². The predicted molar refractivity (Wildman–Crippen MR) is 103 cm³/mol. The van der Waals surface area contributed by atoms with Gasteiger partial charge < -0.3 is 25.8 Å². The summed E-state index contributed by atoms with van der Waals surface area (Å²) in [4.78, 5) is 25.4. The van der Waals surface area contributed by atoms with Gasteiger partial charge >= 0.3 is 0 Å². The Kier molecular flexibility index (Phi) is 8.35. The van der Waals surface area contributed by atoms with E-state index in [9.17, 15) is 19.1 Å². The predicted octanol–water partition coefficient (Wildman–Crippen LogP) is 0.990. The quantitative estimate of drug-likeness (QED) is 0.578. The summed E-state index contributed by atoms with van der Waals surface area (Å²) >= 11 is 0. The number of benzene rings is 1. The Labute approximate surface area is 165 Å². The maximum Gasteiger partial charge on any atom is 0.248 e. The van der Waals surface area contributed by atoms with Gasteiger partial charge in [0, 0.05) is 31.0 Å². The lowest BCUT2D eigenvalue weighted by Gasteiger charge is -2.36. The number of primary amides is 1. The summed E-state index contributed by atoms with van der Waals surface area (Å²) in [5.74, 6) is -0.735. The van der Waals surface area contributed by atoms with E-state index in [1.165, 1.54) is 0 Å². The van der Waals surface area contributed by atoms with Crippen LogP contribution in [0.1, 0.15) is 42.1 Å². The molecule has 2 rings (SSSR count). The highest BCUT2D eigenvalue weighted by molar-refractivity contribution is 5.92. The molecule has 4 unspecified atom stereocenters. The summed E-state index contributed by atoms with van der Waals surface area (Å²) in [6.07, 6.45) is 1.08. The zero-order valence-electron chi connectivity index (χ0n) is 16.4. The molecule has 0 spiro atoms. The SMILES string of the molecule is CC1CC(N(C)CCC(=O)NC(CF)Cc2ccc(C(N)=O)cc2)CC(O)O1. The van der Waals surface area contributed by atoms with Crippen LogP contribution >= 0.6 is 0 Å². The monoisotopic (exact) mass is 395 g/mol. The van der Waals surface area contributed by atoms with Gasteiger partial charge in [0.15, 0.2) is 6.29 Å².